The van der Waals surface area contributed by atoms with Gasteiger partial charge in [0.25, 0.3) is 0 Å². The number of hydrogen-bond donors (Lipinski definition) is 1. The number of fused-ring (bicyclic) bond motifs is 1. The molecule has 1 aromatic carbocycles. The summed E-state index contributed by atoms with van der Waals surface area (Å²) in [6, 6.07) is 5.15. The Bertz CT molecular complexity index is 483. The number of carboxylic acids is 1. The maximum atomic E-state index is 11.7. The minimum Gasteiger partial charge on any atom is -0.478 e. The molecule has 0 aliphatic carbocycles. The van der Waals surface area contributed by atoms with Crippen LogP contribution < -0.4 is 0 Å². The molecule has 2 rings (SSSR count). The minimum absolute atomic E-state index is 0.191. The topological polar surface area (TPSA) is 63.6 Å². The fraction of sp³-hybridized carbons (Fsp3) is 0.273. The van der Waals surface area contributed by atoms with Crippen LogP contribution in [0.2, 0.25) is 0 Å². The van der Waals surface area contributed by atoms with Gasteiger partial charge in [-0.15, -0.1) is 0 Å². The summed E-state index contributed by atoms with van der Waals surface area (Å²) >= 11 is 3.25. The van der Waals surface area contributed by atoms with Crippen LogP contribution in [0.3, 0.4) is 0 Å². The normalized spacial score (nSPS) is 23.5. The minimum atomic E-state index is -1.46. The highest BCUT2D eigenvalue weighted by molar-refractivity contribution is 9.10. The Balaban J connectivity index is 2.49. The number of cyclic esters (lactones) is 1. The third-order valence-electron chi connectivity index (χ3n) is 2.59. The molecule has 0 saturated heterocycles. The van der Waals surface area contributed by atoms with E-state index in [1.807, 2.05) is 0 Å². The SMILES string of the molecule is C[C@]1(C(=O)O)Cc2ccc(Br)cc2C(=O)O1. The fourth-order valence-electron chi connectivity index (χ4n) is 1.67. The first kappa shape index (κ1) is 11.1. The van der Waals surface area contributed by atoms with E-state index < -0.39 is 17.5 Å². The van der Waals surface area contributed by atoms with Crippen molar-refractivity contribution in [1.82, 2.24) is 0 Å². The summed E-state index contributed by atoms with van der Waals surface area (Å²) in [5.41, 5.74) is -0.338. The summed E-state index contributed by atoms with van der Waals surface area (Å²) in [6.07, 6.45) is 0.191. The molecule has 84 valence electrons. The van der Waals surface area contributed by atoms with Crippen LogP contribution in [0.1, 0.15) is 22.8 Å². The molecule has 16 heavy (non-hydrogen) atoms. The summed E-state index contributed by atoms with van der Waals surface area (Å²) < 4.78 is 5.72. The van der Waals surface area contributed by atoms with Crippen molar-refractivity contribution in [3.63, 3.8) is 0 Å². The Morgan fingerprint density at radius 1 is 1.56 bits per heavy atom. The van der Waals surface area contributed by atoms with Crippen LogP contribution in [0.25, 0.3) is 0 Å². The van der Waals surface area contributed by atoms with Crippen LogP contribution in [0.5, 0.6) is 0 Å². The Labute approximate surface area is 100 Å². The summed E-state index contributed by atoms with van der Waals surface area (Å²) in [5.74, 6) is -1.72. The lowest BCUT2D eigenvalue weighted by Crippen LogP contribution is -2.45. The van der Waals surface area contributed by atoms with Crippen LogP contribution >= 0.6 is 15.9 Å². The van der Waals surface area contributed by atoms with Crippen molar-refractivity contribution in [2.75, 3.05) is 0 Å². The maximum Gasteiger partial charge on any atom is 0.348 e. The lowest BCUT2D eigenvalue weighted by molar-refractivity contribution is -0.158. The van der Waals surface area contributed by atoms with Crippen LogP contribution in [-0.2, 0) is 16.0 Å². The first-order valence-corrected chi connectivity index (χ1v) is 5.47. The molecular formula is C11H9BrO4. The molecule has 0 unspecified atom stereocenters. The van der Waals surface area contributed by atoms with Gasteiger partial charge in [-0.2, -0.15) is 0 Å². The third kappa shape index (κ3) is 1.71. The lowest BCUT2D eigenvalue weighted by atomic mass is 9.90. The molecule has 4 nitrogen and oxygen atoms in total. The van der Waals surface area contributed by atoms with E-state index in [0.717, 1.165) is 4.47 Å². The molecule has 1 aliphatic rings. The number of benzene rings is 1. The molecule has 0 spiro atoms. The molecule has 1 aliphatic heterocycles. The predicted molar refractivity (Wildman–Crippen MR) is 59.3 cm³/mol. The first-order chi connectivity index (χ1) is 7.42. The second-order valence-corrected chi connectivity index (χ2v) is 4.82. The van der Waals surface area contributed by atoms with Crippen molar-refractivity contribution in [3.8, 4) is 0 Å². The first-order valence-electron chi connectivity index (χ1n) is 4.67. The zero-order valence-corrected chi connectivity index (χ0v) is 10.1. The summed E-state index contributed by atoms with van der Waals surface area (Å²) in [5, 5.41) is 9.01. The van der Waals surface area contributed by atoms with E-state index in [1.54, 1.807) is 18.2 Å². The number of carbonyl (C=O) groups excluding carboxylic acids is 1. The number of carbonyl (C=O) groups is 2. The number of carboxylic acid groups (broad SMARTS) is 1. The van der Waals surface area contributed by atoms with Crippen molar-refractivity contribution < 1.29 is 19.4 Å². The molecular weight excluding hydrogens is 276 g/mol. The number of aliphatic carboxylic acids is 1. The van der Waals surface area contributed by atoms with E-state index in [9.17, 15) is 9.59 Å². The van der Waals surface area contributed by atoms with Crippen molar-refractivity contribution >= 4 is 27.9 Å². The quantitative estimate of drug-likeness (QED) is 0.802. The van der Waals surface area contributed by atoms with E-state index in [4.69, 9.17) is 9.84 Å². The molecule has 1 aromatic rings. The number of ether oxygens (including phenoxy) is 1. The van der Waals surface area contributed by atoms with Gasteiger partial charge in [-0.25, -0.2) is 9.59 Å². The third-order valence-corrected chi connectivity index (χ3v) is 3.08. The van der Waals surface area contributed by atoms with Crippen molar-refractivity contribution in [2.45, 2.75) is 18.9 Å². The average molecular weight is 285 g/mol. The van der Waals surface area contributed by atoms with Crippen LogP contribution in [-0.4, -0.2) is 22.6 Å². The van der Waals surface area contributed by atoms with Crippen molar-refractivity contribution in [1.29, 1.82) is 0 Å². The Kier molecular flexibility index (Phi) is 2.50. The molecule has 1 N–H and O–H groups in total. The highest BCUT2D eigenvalue weighted by atomic mass is 79.9. The second-order valence-electron chi connectivity index (χ2n) is 3.90. The van der Waals surface area contributed by atoms with E-state index in [1.165, 1.54) is 6.92 Å². The highest BCUT2D eigenvalue weighted by Gasteiger charge is 2.42. The van der Waals surface area contributed by atoms with Gasteiger partial charge in [-0.1, -0.05) is 22.0 Å². The van der Waals surface area contributed by atoms with Crippen LogP contribution in [0, 0.1) is 0 Å². The average Bonchev–Trinajstić information content (AvgIpc) is 2.19. The molecule has 0 aromatic heterocycles. The zero-order chi connectivity index (χ0) is 11.9. The van der Waals surface area contributed by atoms with Gasteiger partial charge in [0, 0.05) is 10.9 Å². The standard InChI is InChI=1S/C11H9BrO4/c1-11(10(14)15)5-6-2-3-7(12)4-8(6)9(13)16-11/h2-4H,5H2,1H3,(H,14,15)/t11-/m1/s1. The Morgan fingerprint density at radius 2 is 2.25 bits per heavy atom. The van der Waals surface area contributed by atoms with Gasteiger partial charge < -0.3 is 9.84 Å². The zero-order valence-electron chi connectivity index (χ0n) is 8.49. The molecule has 0 radical (unpaired) electrons. The molecule has 1 heterocycles. The van der Waals surface area contributed by atoms with E-state index in [0.29, 0.717) is 11.1 Å². The Hall–Kier alpha value is -1.36. The van der Waals surface area contributed by atoms with Gasteiger partial charge in [0.2, 0.25) is 5.60 Å². The van der Waals surface area contributed by atoms with Crippen LogP contribution in [0.4, 0.5) is 0 Å². The molecule has 0 bridgehead atoms. The number of halogens is 1. The van der Waals surface area contributed by atoms with Gasteiger partial charge >= 0.3 is 11.9 Å². The van der Waals surface area contributed by atoms with Gasteiger partial charge in [0.15, 0.2) is 0 Å². The predicted octanol–water partition coefficient (Wildman–Crippen LogP) is 2.01. The smallest absolute Gasteiger partial charge is 0.348 e. The fourth-order valence-corrected chi connectivity index (χ4v) is 2.03. The number of rotatable bonds is 1. The van der Waals surface area contributed by atoms with Gasteiger partial charge in [0.1, 0.15) is 0 Å². The molecule has 0 amide bonds. The molecule has 1 atom stereocenters. The summed E-state index contributed by atoms with van der Waals surface area (Å²) in [7, 11) is 0. The lowest BCUT2D eigenvalue weighted by Gasteiger charge is -2.30. The van der Waals surface area contributed by atoms with Crippen LogP contribution in [0.15, 0.2) is 22.7 Å². The van der Waals surface area contributed by atoms with Gasteiger partial charge in [-0.05, 0) is 24.6 Å². The second kappa shape index (κ2) is 3.59. The summed E-state index contributed by atoms with van der Waals surface area (Å²) in [4.78, 5) is 22.7. The van der Waals surface area contributed by atoms with Gasteiger partial charge in [-0.3, -0.25) is 0 Å². The molecule has 0 saturated carbocycles. The molecule has 5 heteroatoms. The molecule has 0 fully saturated rings. The number of esters is 1. The summed E-state index contributed by atoms with van der Waals surface area (Å²) in [6.45, 7) is 1.40. The largest absolute Gasteiger partial charge is 0.478 e. The van der Waals surface area contributed by atoms with E-state index in [2.05, 4.69) is 15.9 Å². The van der Waals surface area contributed by atoms with Crippen molar-refractivity contribution in [2.24, 2.45) is 0 Å². The highest BCUT2D eigenvalue weighted by Crippen LogP contribution is 2.30. The van der Waals surface area contributed by atoms with Gasteiger partial charge in [0.05, 0.1) is 5.56 Å². The Morgan fingerprint density at radius 3 is 2.88 bits per heavy atom. The van der Waals surface area contributed by atoms with Crippen molar-refractivity contribution in [3.05, 3.63) is 33.8 Å². The van der Waals surface area contributed by atoms with E-state index >= 15 is 0 Å². The monoisotopic (exact) mass is 284 g/mol. The van der Waals surface area contributed by atoms with E-state index in [-0.39, 0.29) is 6.42 Å². The number of hydrogen-bond acceptors (Lipinski definition) is 3. The maximum absolute atomic E-state index is 11.7.